The number of aromatic hydroxyl groups is 1. The number of hydrazone groups is 1. The van der Waals surface area contributed by atoms with Crippen molar-refractivity contribution in [3.63, 3.8) is 0 Å². The fourth-order valence-corrected chi connectivity index (χ4v) is 3.36. The summed E-state index contributed by atoms with van der Waals surface area (Å²) in [6.45, 7) is 4.17. The maximum Gasteiger partial charge on any atom is 0.277 e. The van der Waals surface area contributed by atoms with Crippen molar-refractivity contribution in [2.24, 2.45) is 5.10 Å². The lowest BCUT2D eigenvalue weighted by Crippen LogP contribution is -2.24. The van der Waals surface area contributed by atoms with Crippen molar-refractivity contribution in [2.45, 2.75) is 32.6 Å². The van der Waals surface area contributed by atoms with Crippen molar-refractivity contribution in [1.29, 1.82) is 0 Å². The first-order valence-corrected chi connectivity index (χ1v) is 10.9. The smallest absolute Gasteiger partial charge is 0.277 e. The van der Waals surface area contributed by atoms with Crippen LogP contribution in [0.15, 0.2) is 71.8 Å². The Bertz CT molecular complexity index is 1080. The Morgan fingerprint density at radius 1 is 1.16 bits per heavy atom. The molecule has 0 bridgehead atoms. The number of phenols is 1. The molecule has 3 rings (SSSR count). The number of halogens is 1. The molecule has 5 nitrogen and oxygen atoms in total. The molecule has 3 aromatic carbocycles. The van der Waals surface area contributed by atoms with E-state index in [1.165, 1.54) is 11.8 Å². The lowest BCUT2D eigenvalue weighted by molar-refractivity contribution is -0.123. The monoisotopic (exact) mass is 450 g/mol. The summed E-state index contributed by atoms with van der Waals surface area (Å²) in [7, 11) is 0. The molecule has 6 heteroatoms. The average molecular weight is 451 g/mol. The number of hydrogen-bond donors (Lipinski definition) is 2. The van der Waals surface area contributed by atoms with Crippen LogP contribution in [0.1, 0.15) is 48.4 Å². The van der Waals surface area contributed by atoms with E-state index >= 15 is 0 Å². The van der Waals surface area contributed by atoms with Crippen LogP contribution in [0.5, 0.6) is 11.5 Å². The summed E-state index contributed by atoms with van der Waals surface area (Å²) in [6, 6.07) is 20.6. The number of rotatable bonds is 9. The molecule has 166 valence electrons. The maximum absolute atomic E-state index is 12.0. The van der Waals surface area contributed by atoms with E-state index in [4.69, 9.17) is 16.3 Å². The number of benzene rings is 3. The second-order valence-corrected chi connectivity index (χ2v) is 8.03. The van der Waals surface area contributed by atoms with Crippen molar-refractivity contribution in [3.8, 4) is 11.5 Å². The number of nitrogens with one attached hydrogen (secondary N) is 1. The highest BCUT2D eigenvalue weighted by Crippen LogP contribution is 2.23. The Balaban J connectivity index is 1.53. The zero-order chi connectivity index (χ0) is 22.9. The first kappa shape index (κ1) is 23.4. The van der Waals surface area contributed by atoms with Crippen LogP contribution in [0, 0.1) is 0 Å². The fraction of sp³-hybridized carbons (Fsp3) is 0.231. The van der Waals surface area contributed by atoms with Crippen molar-refractivity contribution in [1.82, 2.24) is 5.43 Å². The Morgan fingerprint density at radius 3 is 2.62 bits per heavy atom. The lowest BCUT2D eigenvalue weighted by Gasteiger charge is -2.10. The largest absolute Gasteiger partial charge is 0.507 e. The third-order valence-corrected chi connectivity index (χ3v) is 5.64. The minimum atomic E-state index is -0.390. The Labute approximate surface area is 193 Å². The molecule has 1 amide bonds. The molecule has 0 aliphatic carbocycles. The van der Waals surface area contributed by atoms with Crippen LogP contribution in [-0.2, 0) is 11.2 Å². The van der Waals surface area contributed by atoms with Crippen LogP contribution in [0.25, 0.3) is 0 Å². The van der Waals surface area contributed by atoms with Gasteiger partial charge in [0, 0.05) is 10.6 Å². The highest BCUT2D eigenvalue weighted by molar-refractivity contribution is 6.31. The molecule has 1 atom stereocenters. The SMILES string of the molecule is CC[C@@H](C)c1ccc(OCC(=O)N/N=C\c2cc(Cc3ccccc3Cl)ccc2O)cc1. The highest BCUT2D eigenvalue weighted by atomic mass is 35.5. The van der Waals surface area contributed by atoms with Crippen LogP contribution < -0.4 is 10.2 Å². The van der Waals surface area contributed by atoms with Crippen molar-refractivity contribution in [3.05, 3.63) is 94.0 Å². The van der Waals surface area contributed by atoms with Gasteiger partial charge in [-0.2, -0.15) is 5.10 Å². The van der Waals surface area contributed by atoms with E-state index in [0.717, 1.165) is 17.5 Å². The number of hydrogen-bond acceptors (Lipinski definition) is 4. The predicted molar refractivity (Wildman–Crippen MR) is 129 cm³/mol. The molecule has 0 saturated carbocycles. The second-order valence-electron chi connectivity index (χ2n) is 7.62. The maximum atomic E-state index is 12.0. The van der Waals surface area contributed by atoms with Gasteiger partial charge in [0.1, 0.15) is 11.5 Å². The summed E-state index contributed by atoms with van der Waals surface area (Å²) in [4.78, 5) is 12.0. The van der Waals surface area contributed by atoms with Gasteiger partial charge in [-0.25, -0.2) is 5.43 Å². The first-order chi connectivity index (χ1) is 15.5. The summed E-state index contributed by atoms with van der Waals surface area (Å²) in [5.41, 5.74) is 6.11. The molecule has 0 heterocycles. The number of carbonyl (C=O) groups is 1. The van der Waals surface area contributed by atoms with Gasteiger partial charge in [-0.1, -0.05) is 61.8 Å². The molecule has 0 aromatic heterocycles. The van der Waals surface area contributed by atoms with Gasteiger partial charge >= 0.3 is 0 Å². The quantitative estimate of drug-likeness (QED) is 0.325. The zero-order valence-corrected chi connectivity index (χ0v) is 19.0. The molecule has 0 fully saturated rings. The van der Waals surface area contributed by atoms with E-state index in [9.17, 15) is 9.90 Å². The normalized spacial score (nSPS) is 12.0. The minimum Gasteiger partial charge on any atom is -0.507 e. The summed E-state index contributed by atoms with van der Waals surface area (Å²) in [5, 5.41) is 14.7. The van der Waals surface area contributed by atoms with Gasteiger partial charge in [-0.3, -0.25) is 4.79 Å². The summed E-state index contributed by atoms with van der Waals surface area (Å²) < 4.78 is 5.51. The molecule has 0 saturated heterocycles. The third kappa shape index (κ3) is 6.59. The van der Waals surface area contributed by atoms with Gasteiger partial charge in [0.2, 0.25) is 0 Å². The van der Waals surface area contributed by atoms with Gasteiger partial charge in [0.15, 0.2) is 6.61 Å². The summed E-state index contributed by atoms with van der Waals surface area (Å²) in [5.74, 6) is 0.796. The summed E-state index contributed by atoms with van der Waals surface area (Å²) in [6.07, 6.45) is 3.10. The van der Waals surface area contributed by atoms with Crippen molar-refractivity contribution >= 4 is 23.7 Å². The van der Waals surface area contributed by atoms with E-state index < -0.39 is 0 Å². The molecule has 0 unspecified atom stereocenters. The fourth-order valence-electron chi connectivity index (χ4n) is 3.16. The number of carbonyl (C=O) groups excluding carboxylic acids is 1. The second kappa shape index (κ2) is 11.3. The van der Waals surface area contributed by atoms with Crippen LogP contribution in [0.4, 0.5) is 0 Å². The molecule has 0 aliphatic heterocycles. The van der Waals surface area contributed by atoms with Gasteiger partial charge in [0.05, 0.1) is 6.21 Å². The van der Waals surface area contributed by atoms with Crippen LogP contribution in [-0.4, -0.2) is 23.8 Å². The van der Waals surface area contributed by atoms with Crippen molar-refractivity contribution < 1.29 is 14.6 Å². The van der Waals surface area contributed by atoms with E-state index in [1.54, 1.807) is 6.07 Å². The van der Waals surface area contributed by atoms with Gasteiger partial charge < -0.3 is 9.84 Å². The lowest BCUT2D eigenvalue weighted by atomic mass is 9.99. The number of amides is 1. The van der Waals surface area contributed by atoms with E-state index in [0.29, 0.717) is 28.7 Å². The standard InChI is InChI=1S/C26H27ClN2O3/c1-3-18(2)20-9-11-23(12-10-20)32-17-26(31)29-28-16-22-15-19(8-13-25(22)30)14-21-6-4-5-7-24(21)27/h4-13,15-16,18,30H,3,14,17H2,1-2H3,(H,29,31)/b28-16-/t18-/m1/s1. The highest BCUT2D eigenvalue weighted by Gasteiger charge is 2.07. The van der Waals surface area contributed by atoms with Gasteiger partial charge in [-0.15, -0.1) is 0 Å². The predicted octanol–water partition coefficient (Wildman–Crippen LogP) is 5.68. The minimum absolute atomic E-state index is 0.0727. The number of phenolic OH excluding ortho intramolecular Hbond substituents is 1. The topological polar surface area (TPSA) is 70.9 Å². The Kier molecular flexibility index (Phi) is 8.28. The molecule has 2 N–H and O–H groups in total. The van der Waals surface area contributed by atoms with Crippen LogP contribution in [0.3, 0.4) is 0 Å². The molecule has 3 aromatic rings. The van der Waals surface area contributed by atoms with Gasteiger partial charge in [-0.05, 0) is 65.8 Å². The molecule has 0 aliphatic rings. The van der Waals surface area contributed by atoms with E-state index in [1.807, 2.05) is 60.7 Å². The van der Waals surface area contributed by atoms with E-state index in [2.05, 4.69) is 24.4 Å². The van der Waals surface area contributed by atoms with Gasteiger partial charge in [0.25, 0.3) is 5.91 Å². The average Bonchev–Trinajstić information content (AvgIpc) is 2.81. The van der Waals surface area contributed by atoms with Crippen LogP contribution in [0.2, 0.25) is 5.02 Å². The molecule has 0 spiro atoms. The summed E-state index contributed by atoms with van der Waals surface area (Å²) >= 11 is 6.23. The Morgan fingerprint density at radius 2 is 1.91 bits per heavy atom. The molecule has 32 heavy (non-hydrogen) atoms. The number of ether oxygens (including phenoxy) is 1. The van der Waals surface area contributed by atoms with E-state index in [-0.39, 0.29) is 18.3 Å². The van der Waals surface area contributed by atoms with Crippen LogP contribution >= 0.6 is 11.6 Å². The zero-order valence-electron chi connectivity index (χ0n) is 18.2. The Hall–Kier alpha value is -3.31. The third-order valence-electron chi connectivity index (χ3n) is 5.27. The first-order valence-electron chi connectivity index (χ1n) is 10.6. The molecular weight excluding hydrogens is 424 g/mol. The molecular formula is C26H27ClN2O3. The molecule has 0 radical (unpaired) electrons. The number of nitrogens with zero attached hydrogens (tertiary/aromatic N) is 1. The van der Waals surface area contributed by atoms with Crippen molar-refractivity contribution in [2.75, 3.05) is 6.61 Å².